The summed E-state index contributed by atoms with van der Waals surface area (Å²) in [5.74, 6) is 2.98. The van der Waals surface area contributed by atoms with Crippen molar-refractivity contribution in [3.05, 3.63) is 0 Å². The molecule has 1 heterocycles. The van der Waals surface area contributed by atoms with Gasteiger partial charge >= 0.3 is 0 Å². The Balaban J connectivity index is 2.27. The third-order valence-electron chi connectivity index (χ3n) is 4.56. The monoisotopic (exact) mass is 221 g/mol. The molecule has 1 aliphatic heterocycles. The van der Waals surface area contributed by atoms with Crippen LogP contribution in [-0.2, 0) is 0 Å². The average Bonchev–Trinajstić information content (AvgIpc) is 2.30. The van der Waals surface area contributed by atoms with E-state index in [9.17, 15) is 5.11 Å². The van der Waals surface area contributed by atoms with Crippen molar-refractivity contribution in [2.45, 2.75) is 63.6 Å². The molecule has 1 aliphatic carbocycles. The first-order chi connectivity index (χ1) is 7.62. The lowest BCUT2D eigenvalue weighted by Crippen LogP contribution is -2.61. The maximum Gasteiger partial charge on any atom is 0.131 e. The van der Waals surface area contributed by atoms with Gasteiger partial charge in [-0.1, -0.05) is 25.7 Å². The minimum atomic E-state index is -0.851. The fourth-order valence-corrected chi connectivity index (χ4v) is 3.82. The van der Waals surface area contributed by atoms with Crippen LogP contribution in [0.2, 0.25) is 0 Å². The number of piperidine rings is 1. The molecule has 90 valence electrons. The third-order valence-corrected chi connectivity index (χ3v) is 4.56. The molecule has 2 heteroatoms. The molecule has 4 atom stereocenters. The van der Waals surface area contributed by atoms with Crippen molar-refractivity contribution in [2.24, 2.45) is 5.92 Å². The summed E-state index contributed by atoms with van der Waals surface area (Å²) < 4.78 is 0. The number of aliphatic hydroxyl groups is 1. The predicted molar refractivity (Wildman–Crippen MR) is 66.0 cm³/mol. The van der Waals surface area contributed by atoms with E-state index < -0.39 is 5.60 Å². The molecule has 0 radical (unpaired) electrons. The molecule has 1 N–H and O–H groups in total. The number of terminal acetylenes is 1. The molecule has 0 amide bonds. The van der Waals surface area contributed by atoms with E-state index in [4.69, 9.17) is 6.42 Å². The molecule has 0 aromatic heterocycles. The van der Waals surface area contributed by atoms with Crippen LogP contribution < -0.4 is 0 Å². The van der Waals surface area contributed by atoms with E-state index in [0.29, 0.717) is 18.0 Å². The van der Waals surface area contributed by atoms with Crippen molar-refractivity contribution in [2.75, 3.05) is 6.54 Å². The van der Waals surface area contributed by atoms with Crippen molar-refractivity contribution in [1.82, 2.24) is 4.90 Å². The number of hydrogen-bond acceptors (Lipinski definition) is 2. The summed E-state index contributed by atoms with van der Waals surface area (Å²) in [6.45, 7) is 5.47. The van der Waals surface area contributed by atoms with Crippen molar-refractivity contribution < 1.29 is 5.11 Å². The topological polar surface area (TPSA) is 23.5 Å². The van der Waals surface area contributed by atoms with Crippen molar-refractivity contribution >= 4 is 0 Å². The molecule has 2 fully saturated rings. The molecule has 1 saturated carbocycles. The van der Waals surface area contributed by atoms with Crippen molar-refractivity contribution in [1.29, 1.82) is 0 Å². The molecule has 0 bridgehead atoms. The lowest BCUT2D eigenvalue weighted by molar-refractivity contribution is -0.0986. The van der Waals surface area contributed by atoms with Gasteiger partial charge in [-0.15, -0.1) is 6.42 Å². The van der Waals surface area contributed by atoms with Crippen LogP contribution in [-0.4, -0.2) is 34.2 Å². The summed E-state index contributed by atoms with van der Waals surface area (Å²) in [5, 5.41) is 10.6. The van der Waals surface area contributed by atoms with Crippen LogP contribution in [0, 0.1) is 18.3 Å². The highest BCUT2D eigenvalue weighted by molar-refractivity contribution is 5.17. The lowest BCUT2D eigenvalue weighted by Gasteiger charge is -2.53. The Hall–Kier alpha value is -0.520. The number of rotatable bonds is 1. The zero-order chi connectivity index (χ0) is 11.8. The second-order valence-electron chi connectivity index (χ2n) is 5.41. The maximum absolute atomic E-state index is 10.6. The molecule has 0 spiro atoms. The highest BCUT2D eigenvalue weighted by Crippen LogP contribution is 2.43. The van der Waals surface area contributed by atoms with Crippen LogP contribution in [0.5, 0.6) is 0 Å². The van der Waals surface area contributed by atoms with Crippen LogP contribution in [0.4, 0.5) is 0 Å². The summed E-state index contributed by atoms with van der Waals surface area (Å²) >= 11 is 0. The van der Waals surface area contributed by atoms with E-state index in [1.165, 1.54) is 19.3 Å². The van der Waals surface area contributed by atoms with Crippen LogP contribution in [0.25, 0.3) is 0 Å². The van der Waals surface area contributed by atoms with Crippen LogP contribution in [0.15, 0.2) is 0 Å². The van der Waals surface area contributed by atoms with Gasteiger partial charge in [-0.05, 0) is 26.3 Å². The highest BCUT2D eigenvalue weighted by Gasteiger charge is 2.49. The third kappa shape index (κ3) is 1.77. The minimum absolute atomic E-state index is 0.294. The Bertz CT molecular complexity index is 296. The smallest absolute Gasteiger partial charge is 0.131 e. The van der Waals surface area contributed by atoms with Gasteiger partial charge in [0.15, 0.2) is 0 Å². The Morgan fingerprint density at radius 2 is 2.12 bits per heavy atom. The van der Waals surface area contributed by atoms with Gasteiger partial charge in [0.2, 0.25) is 0 Å². The van der Waals surface area contributed by atoms with Crippen molar-refractivity contribution in [3.63, 3.8) is 0 Å². The molecule has 2 aliphatic rings. The maximum atomic E-state index is 10.6. The highest BCUT2D eigenvalue weighted by atomic mass is 16.3. The summed E-state index contributed by atoms with van der Waals surface area (Å²) in [7, 11) is 0. The Labute approximate surface area is 99.0 Å². The van der Waals surface area contributed by atoms with E-state index in [1.54, 1.807) is 0 Å². The van der Waals surface area contributed by atoms with Gasteiger partial charge in [-0.25, -0.2) is 0 Å². The Morgan fingerprint density at radius 3 is 2.75 bits per heavy atom. The van der Waals surface area contributed by atoms with Crippen molar-refractivity contribution in [3.8, 4) is 12.3 Å². The number of hydrogen-bond donors (Lipinski definition) is 1. The fraction of sp³-hybridized carbons (Fsp3) is 0.857. The van der Waals surface area contributed by atoms with Crippen LogP contribution in [0.1, 0.15) is 46.0 Å². The molecule has 0 aromatic rings. The van der Waals surface area contributed by atoms with Gasteiger partial charge in [-0.2, -0.15) is 0 Å². The standard InChI is InChI=1S/C14H23NO/c1-4-14(16)10-11(3)15(5-2)13-9-7-6-8-12(13)14/h1,11-13,16H,5-10H2,2-3H3/t11-,12+,13+,14+/m0/s1. The van der Waals surface area contributed by atoms with Gasteiger partial charge in [0.1, 0.15) is 5.60 Å². The summed E-state index contributed by atoms with van der Waals surface area (Å²) in [6, 6.07) is 0.911. The van der Waals surface area contributed by atoms with E-state index in [0.717, 1.165) is 19.4 Å². The first kappa shape index (κ1) is 12.0. The average molecular weight is 221 g/mol. The first-order valence-corrected chi connectivity index (χ1v) is 6.58. The number of fused-ring (bicyclic) bond motifs is 1. The molecule has 16 heavy (non-hydrogen) atoms. The molecule has 0 unspecified atom stereocenters. The molecule has 2 nitrogen and oxygen atoms in total. The first-order valence-electron chi connectivity index (χ1n) is 6.58. The Kier molecular flexibility index (Phi) is 3.28. The van der Waals surface area contributed by atoms with Gasteiger partial charge in [0, 0.05) is 24.4 Å². The normalized spacial score (nSPS) is 44.8. The summed E-state index contributed by atoms with van der Waals surface area (Å²) in [5.41, 5.74) is -0.851. The minimum Gasteiger partial charge on any atom is -0.377 e. The summed E-state index contributed by atoms with van der Waals surface area (Å²) in [4.78, 5) is 2.54. The Morgan fingerprint density at radius 1 is 1.44 bits per heavy atom. The van der Waals surface area contributed by atoms with Gasteiger partial charge < -0.3 is 5.11 Å². The largest absolute Gasteiger partial charge is 0.377 e. The zero-order valence-corrected chi connectivity index (χ0v) is 10.4. The summed E-state index contributed by atoms with van der Waals surface area (Å²) in [6.07, 6.45) is 11.1. The second kappa shape index (κ2) is 4.39. The van der Waals surface area contributed by atoms with Crippen LogP contribution in [0.3, 0.4) is 0 Å². The lowest BCUT2D eigenvalue weighted by atomic mass is 9.67. The molecular formula is C14H23NO. The second-order valence-corrected chi connectivity index (χ2v) is 5.41. The number of nitrogens with zero attached hydrogens (tertiary/aromatic N) is 1. The van der Waals surface area contributed by atoms with E-state index in [-0.39, 0.29) is 0 Å². The molecular weight excluding hydrogens is 198 g/mol. The van der Waals surface area contributed by atoms with Crippen LogP contribution >= 0.6 is 0 Å². The van der Waals surface area contributed by atoms with Gasteiger partial charge in [0.25, 0.3) is 0 Å². The van der Waals surface area contributed by atoms with E-state index >= 15 is 0 Å². The van der Waals surface area contributed by atoms with E-state index in [2.05, 4.69) is 24.7 Å². The molecule has 2 rings (SSSR count). The molecule has 1 saturated heterocycles. The van der Waals surface area contributed by atoms with E-state index in [1.807, 2.05) is 0 Å². The zero-order valence-electron chi connectivity index (χ0n) is 10.4. The quantitative estimate of drug-likeness (QED) is 0.685. The SMILES string of the molecule is C#C[C@@]1(O)C[C@H](C)N(CC)[C@@H]2CCCC[C@H]21. The van der Waals surface area contributed by atoms with Gasteiger partial charge in [0.05, 0.1) is 0 Å². The predicted octanol–water partition coefficient (Wildman–Crippen LogP) is 2.02. The number of likely N-dealkylation sites (tertiary alicyclic amines) is 1. The van der Waals surface area contributed by atoms with Gasteiger partial charge in [-0.3, -0.25) is 4.90 Å². The fourth-order valence-electron chi connectivity index (χ4n) is 3.82. The molecule has 0 aromatic carbocycles.